The number of aromatic nitrogens is 1. The van der Waals surface area contributed by atoms with E-state index in [0.717, 1.165) is 29.7 Å². The number of nitrogens with two attached hydrogens (primary N) is 1. The molecule has 0 bridgehead atoms. The number of hydrogen-bond acceptors (Lipinski definition) is 3. The van der Waals surface area contributed by atoms with Gasteiger partial charge >= 0.3 is 0 Å². The normalized spacial score (nSPS) is 17.3. The van der Waals surface area contributed by atoms with E-state index in [1.54, 1.807) is 0 Å². The van der Waals surface area contributed by atoms with Gasteiger partial charge in [0.05, 0.1) is 0 Å². The van der Waals surface area contributed by atoms with E-state index in [9.17, 15) is 0 Å². The molecule has 1 aromatic carbocycles. The minimum absolute atomic E-state index is 0.199. The minimum Gasteiger partial charge on any atom is -0.489 e. The minimum atomic E-state index is 0.199. The molecule has 0 amide bonds. The third-order valence-electron chi connectivity index (χ3n) is 3.58. The Balaban J connectivity index is 1.71. The summed E-state index contributed by atoms with van der Waals surface area (Å²) in [6.07, 6.45) is 5.79. The van der Waals surface area contributed by atoms with Gasteiger partial charge in [0.2, 0.25) is 0 Å². The van der Waals surface area contributed by atoms with E-state index in [1.807, 2.05) is 25.4 Å². The van der Waals surface area contributed by atoms with Gasteiger partial charge in [0, 0.05) is 24.0 Å². The number of nitrogens with zero attached hydrogens (tertiary/aromatic N) is 1. The van der Waals surface area contributed by atoms with Crippen molar-refractivity contribution in [1.82, 2.24) is 4.98 Å². The first kappa shape index (κ1) is 12.2. The van der Waals surface area contributed by atoms with Gasteiger partial charge in [-0.2, -0.15) is 0 Å². The molecule has 19 heavy (non-hydrogen) atoms. The highest BCUT2D eigenvalue weighted by Gasteiger charge is 2.18. The van der Waals surface area contributed by atoms with Crippen LogP contribution in [0.4, 0.5) is 0 Å². The molecule has 1 heterocycles. The SMILES string of the molecule is Cc1cncc(COc2ccc3c(c2)CC[C@@H]3N)c1. The van der Waals surface area contributed by atoms with Crippen LogP contribution in [0.15, 0.2) is 36.7 Å². The summed E-state index contributed by atoms with van der Waals surface area (Å²) in [5, 5.41) is 0. The molecular formula is C16H18N2O. The molecule has 98 valence electrons. The number of ether oxygens (including phenoxy) is 1. The van der Waals surface area contributed by atoms with Gasteiger partial charge < -0.3 is 10.5 Å². The summed E-state index contributed by atoms with van der Waals surface area (Å²) < 4.78 is 5.83. The molecule has 0 saturated carbocycles. The number of aryl methyl sites for hydroxylation is 2. The van der Waals surface area contributed by atoms with E-state index in [2.05, 4.69) is 23.2 Å². The molecule has 0 saturated heterocycles. The van der Waals surface area contributed by atoms with E-state index in [0.29, 0.717) is 6.61 Å². The zero-order valence-electron chi connectivity index (χ0n) is 11.1. The van der Waals surface area contributed by atoms with Gasteiger partial charge in [0.15, 0.2) is 0 Å². The van der Waals surface area contributed by atoms with Crippen LogP contribution in [0.1, 0.15) is 34.7 Å². The highest BCUT2D eigenvalue weighted by molar-refractivity contribution is 5.40. The molecule has 1 aliphatic carbocycles. The summed E-state index contributed by atoms with van der Waals surface area (Å²) in [6.45, 7) is 2.59. The summed E-state index contributed by atoms with van der Waals surface area (Å²) in [7, 11) is 0. The van der Waals surface area contributed by atoms with E-state index in [-0.39, 0.29) is 6.04 Å². The molecule has 0 aliphatic heterocycles. The quantitative estimate of drug-likeness (QED) is 0.916. The Kier molecular flexibility index (Phi) is 3.22. The van der Waals surface area contributed by atoms with Gasteiger partial charge in [0.1, 0.15) is 12.4 Å². The second-order valence-corrected chi connectivity index (χ2v) is 5.17. The van der Waals surface area contributed by atoms with Gasteiger partial charge in [-0.3, -0.25) is 4.98 Å². The van der Waals surface area contributed by atoms with Gasteiger partial charge in [0.25, 0.3) is 0 Å². The predicted molar refractivity (Wildman–Crippen MR) is 75.0 cm³/mol. The van der Waals surface area contributed by atoms with Gasteiger partial charge in [-0.15, -0.1) is 0 Å². The fourth-order valence-corrected chi connectivity index (χ4v) is 2.58. The number of pyridine rings is 1. The number of fused-ring (bicyclic) bond motifs is 1. The lowest BCUT2D eigenvalue weighted by Crippen LogP contribution is -2.05. The van der Waals surface area contributed by atoms with E-state index >= 15 is 0 Å². The van der Waals surface area contributed by atoms with Gasteiger partial charge in [-0.25, -0.2) is 0 Å². The molecule has 0 unspecified atom stereocenters. The highest BCUT2D eigenvalue weighted by Crippen LogP contribution is 2.32. The molecule has 1 aliphatic rings. The standard InChI is InChI=1S/C16H18N2O/c1-11-6-12(9-18-8-11)10-19-14-3-4-15-13(7-14)2-5-16(15)17/h3-4,6-9,16H,2,5,10,17H2,1H3/t16-/m0/s1. The Hall–Kier alpha value is -1.87. The maximum absolute atomic E-state index is 6.03. The van der Waals surface area contributed by atoms with Crippen LogP contribution >= 0.6 is 0 Å². The van der Waals surface area contributed by atoms with Gasteiger partial charge in [-0.1, -0.05) is 6.07 Å². The molecule has 3 rings (SSSR count). The van der Waals surface area contributed by atoms with E-state index in [4.69, 9.17) is 10.5 Å². The third-order valence-corrected chi connectivity index (χ3v) is 3.58. The maximum atomic E-state index is 6.03. The zero-order chi connectivity index (χ0) is 13.2. The van der Waals surface area contributed by atoms with Crippen molar-refractivity contribution in [3.8, 4) is 5.75 Å². The Morgan fingerprint density at radius 3 is 3.05 bits per heavy atom. The van der Waals surface area contributed by atoms with Crippen LogP contribution in [0.25, 0.3) is 0 Å². The fraction of sp³-hybridized carbons (Fsp3) is 0.312. The summed E-state index contributed by atoms with van der Waals surface area (Å²) in [4.78, 5) is 4.17. The largest absolute Gasteiger partial charge is 0.489 e. The Morgan fingerprint density at radius 1 is 1.32 bits per heavy atom. The molecule has 2 aromatic rings. The number of benzene rings is 1. The van der Waals surface area contributed by atoms with Crippen LogP contribution in [-0.4, -0.2) is 4.98 Å². The van der Waals surface area contributed by atoms with Crippen LogP contribution in [0.5, 0.6) is 5.75 Å². The molecular weight excluding hydrogens is 236 g/mol. The smallest absolute Gasteiger partial charge is 0.120 e. The Labute approximate surface area is 113 Å². The van der Waals surface area contributed by atoms with Crippen molar-refractivity contribution < 1.29 is 4.74 Å². The Bertz CT molecular complexity index is 595. The molecule has 0 fully saturated rings. The van der Waals surface area contributed by atoms with Gasteiger partial charge in [-0.05, 0) is 54.7 Å². The second-order valence-electron chi connectivity index (χ2n) is 5.17. The maximum Gasteiger partial charge on any atom is 0.120 e. The second kappa shape index (κ2) is 5.02. The molecule has 0 radical (unpaired) electrons. The molecule has 1 aromatic heterocycles. The lowest BCUT2D eigenvalue weighted by Gasteiger charge is -2.09. The van der Waals surface area contributed by atoms with Crippen molar-refractivity contribution in [2.75, 3.05) is 0 Å². The topological polar surface area (TPSA) is 48.1 Å². The lowest BCUT2D eigenvalue weighted by molar-refractivity contribution is 0.305. The summed E-state index contributed by atoms with van der Waals surface area (Å²) in [5.41, 5.74) is 10.9. The first-order chi connectivity index (χ1) is 9.22. The van der Waals surface area contributed by atoms with Crippen molar-refractivity contribution >= 4 is 0 Å². The fourth-order valence-electron chi connectivity index (χ4n) is 2.58. The average Bonchev–Trinajstić information content (AvgIpc) is 2.78. The summed E-state index contributed by atoms with van der Waals surface area (Å²) in [5.74, 6) is 0.911. The molecule has 3 nitrogen and oxygen atoms in total. The number of hydrogen-bond donors (Lipinski definition) is 1. The van der Waals surface area contributed by atoms with Crippen LogP contribution in [-0.2, 0) is 13.0 Å². The van der Waals surface area contributed by atoms with Crippen LogP contribution in [0, 0.1) is 6.92 Å². The average molecular weight is 254 g/mol. The van der Waals surface area contributed by atoms with Crippen LogP contribution < -0.4 is 10.5 Å². The summed E-state index contributed by atoms with van der Waals surface area (Å²) in [6, 6.07) is 8.51. The third kappa shape index (κ3) is 2.61. The first-order valence-electron chi connectivity index (χ1n) is 6.64. The van der Waals surface area contributed by atoms with Crippen molar-refractivity contribution in [3.63, 3.8) is 0 Å². The van der Waals surface area contributed by atoms with Crippen molar-refractivity contribution in [3.05, 3.63) is 58.9 Å². The zero-order valence-corrected chi connectivity index (χ0v) is 11.1. The highest BCUT2D eigenvalue weighted by atomic mass is 16.5. The Morgan fingerprint density at radius 2 is 2.21 bits per heavy atom. The molecule has 1 atom stereocenters. The molecule has 0 spiro atoms. The van der Waals surface area contributed by atoms with Crippen LogP contribution in [0.2, 0.25) is 0 Å². The van der Waals surface area contributed by atoms with Crippen molar-refractivity contribution in [1.29, 1.82) is 0 Å². The van der Waals surface area contributed by atoms with Crippen molar-refractivity contribution in [2.24, 2.45) is 5.73 Å². The number of rotatable bonds is 3. The lowest BCUT2D eigenvalue weighted by atomic mass is 10.1. The predicted octanol–water partition coefficient (Wildman–Crippen LogP) is 2.92. The van der Waals surface area contributed by atoms with E-state index in [1.165, 1.54) is 11.1 Å². The van der Waals surface area contributed by atoms with Crippen LogP contribution in [0.3, 0.4) is 0 Å². The monoisotopic (exact) mass is 254 g/mol. The summed E-state index contributed by atoms with van der Waals surface area (Å²) >= 11 is 0. The first-order valence-corrected chi connectivity index (χ1v) is 6.64. The van der Waals surface area contributed by atoms with E-state index < -0.39 is 0 Å². The van der Waals surface area contributed by atoms with Crippen molar-refractivity contribution in [2.45, 2.75) is 32.4 Å². The molecule has 3 heteroatoms. The molecule has 2 N–H and O–H groups in total.